The van der Waals surface area contributed by atoms with Gasteiger partial charge in [-0.1, -0.05) is 18.2 Å². The van der Waals surface area contributed by atoms with Crippen molar-refractivity contribution in [1.82, 2.24) is 4.90 Å². The molecule has 1 saturated heterocycles. The van der Waals surface area contributed by atoms with Gasteiger partial charge in [0.1, 0.15) is 11.8 Å². The Morgan fingerprint density at radius 2 is 1.93 bits per heavy atom. The molecule has 0 saturated carbocycles. The Labute approximate surface area is 169 Å². The zero-order valence-corrected chi connectivity index (χ0v) is 16.4. The van der Waals surface area contributed by atoms with Gasteiger partial charge in [-0.15, -0.1) is 6.58 Å². The minimum absolute atomic E-state index is 0.146. The van der Waals surface area contributed by atoms with E-state index in [1.807, 2.05) is 13.0 Å². The number of hydrogen-bond acceptors (Lipinski definition) is 4. The van der Waals surface area contributed by atoms with Gasteiger partial charge in [0, 0.05) is 12.2 Å². The van der Waals surface area contributed by atoms with E-state index in [4.69, 9.17) is 4.74 Å². The van der Waals surface area contributed by atoms with Crippen LogP contribution in [-0.4, -0.2) is 42.4 Å². The van der Waals surface area contributed by atoms with E-state index in [-0.39, 0.29) is 18.9 Å². The highest BCUT2D eigenvalue weighted by molar-refractivity contribution is 6.22. The third-order valence-corrected chi connectivity index (χ3v) is 4.66. The topological polar surface area (TPSA) is 79.0 Å². The number of amides is 4. The van der Waals surface area contributed by atoms with Crippen LogP contribution in [0.4, 0.5) is 16.2 Å². The summed E-state index contributed by atoms with van der Waals surface area (Å²) >= 11 is 0. The number of anilines is 2. The second-order valence-electron chi connectivity index (χ2n) is 6.73. The Morgan fingerprint density at radius 3 is 2.55 bits per heavy atom. The first-order valence-corrected chi connectivity index (χ1v) is 9.20. The molecular formula is C22H23N3O4. The van der Waals surface area contributed by atoms with Gasteiger partial charge >= 0.3 is 6.03 Å². The number of ether oxygens (including phenoxy) is 1. The number of nitrogens with one attached hydrogen (secondary N) is 1. The van der Waals surface area contributed by atoms with Gasteiger partial charge in [0.15, 0.2) is 0 Å². The quantitative estimate of drug-likeness (QED) is 0.578. The summed E-state index contributed by atoms with van der Waals surface area (Å²) in [6.07, 6.45) is 1.39. The van der Waals surface area contributed by atoms with Crippen molar-refractivity contribution in [2.45, 2.75) is 19.4 Å². The fourth-order valence-corrected chi connectivity index (χ4v) is 3.25. The number of benzene rings is 2. The molecule has 150 valence electrons. The molecule has 1 aliphatic heterocycles. The van der Waals surface area contributed by atoms with E-state index < -0.39 is 18.0 Å². The van der Waals surface area contributed by atoms with Crippen LogP contribution in [0.1, 0.15) is 12.0 Å². The molecule has 1 atom stereocenters. The summed E-state index contributed by atoms with van der Waals surface area (Å²) in [4.78, 5) is 40.9. The van der Waals surface area contributed by atoms with E-state index in [0.29, 0.717) is 17.1 Å². The third-order valence-electron chi connectivity index (χ3n) is 4.66. The molecule has 29 heavy (non-hydrogen) atoms. The molecule has 0 aliphatic carbocycles. The highest BCUT2D eigenvalue weighted by Gasteiger charge is 2.46. The van der Waals surface area contributed by atoms with E-state index >= 15 is 0 Å². The second-order valence-corrected chi connectivity index (χ2v) is 6.73. The van der Waals surface area contributed by atoms with E-state index in [2.05, 4.69) is 11.9 Å². The van der Waals surface area contributed by atoms with Crippen molar-refractivity contribution < 1.29 is 19.1 Å². The van der Waals surface area contributed by atoms with Crippen LogP contribution in [0.25, 0.3) is 0 Å². The summed E-state index contributed by atoms with van der Waals surface area (Å²) in [5.74, 6) is -0.112. The zero-order chi connectivity index (χ0) is 21.0. The number of imide groups is 1. The molecule has 1 fully saturated rings. The number of aryl methyl sites for hydroxylation is 1. The maximum atomic E-state index is 13.0. The van der Waals surface area contributed by atoms with Crippen molar-refractivity contribution in [2.75, 3.05) is 23.9 Å². The summed E-state index contributed by atoms with van der Waals surface area (Å²) in [5.41, 5.74) is 2.00. The average molecular weight is 393 g/mol. The number of carbonyl (C=O) groups excluding carboxylic acids is 3. The van der Waals surface area contributed by atoms with Crippen molar-refractivity contribution in [1.29, 1.82) is 0 Å². The normalized spacial score (nSPS) is 16.1. The van der Waals surface area contributed by atoms with Crippen molar-refractivity contribution in [2.24, 2.45) is 0 Å². The molecule has 2 aromatic rings. The predicted molar refractivity (Wildman–Crippen MR) is 111 cm³/mol. The van der Waals surface area contributed by atoms with Crippen molar-refractivity contribution >= 4 is 29.2 Å². The van der Waals surface area contributed by atoms with Gasteiger partial charge in [0.25, 0.3) is 5.91 Å². The fourth-order valence-electron chi connectivity index (χ4n) is 3.25. The second kappa shape index (κ2) is 8.60. The van der Waals surface area contributed by atoms with Gasteiger partial charge in [-0.05, 0) is 48.9 Å². The van der Waals surface area contributed by atoms with Crippen molar-refractivity contribution in [3.05, 3.63) is 66.7 Å². The van der Waals surface area contributed by atoms with Gasteiger partial charge in [0.05, 0.1) is 19.2 Å². The van der Waals surface area contributed by atoms with E-state index in [1.165, 1.54) is 4.90 Å². The molecule has 4 amide bonds. The molecule has 7 nitrogen and oxygen atoms in total. The SMILES string of the molecule is C=CCN1C(=O)N(c2cccc(C)c2)C(=O)C1CC(=O)Nc1ccc(OC)cc1. The van der Waals surface area contributed by atoms with Crippen LogP contribution in [0, 0.1) is 6.92 Å². The van der Waals surface area contributed by atoms with Gasteiger partial charge in [0.2, 0.25) is 5.91 Å². The van der Waals surface area contributed by atoms with Crippen LogP contribution in [0.2, 0.25) is 0 Å². The molecule has 2 aromatic carbocycles. The summed E-state index contributed by atoms with van der Waals surface area (Å²) in [7, 11) is 1.56. The number of rotatable bonds is 7. The van der Waals surface area contributed by atoms with Gasteiger partial charge in [-0.2, -0.15) is 0 Å². The first-order valence-electron chi connectivity index (χ1n) is 9.20. The fraction of sp³-hybridized carbons (Fsp3) is 0.227. The van der Waals surface area contributed by atoms with Crippen LogP contribution < -0.4 is 15.0 Å². The lowest BCUT2D eigenvalue weighted by molar-refractivity contribution is -0.124. The summed E-state index contributed by atoms with van der Waals surface area (Å²) < 4.78 is 5.09. The molecule has 0 aromatic heterocycles. The molecule has 1 unspecified atom stereocenters. The van der Waals surface area contributed by atoms with Crippen LogP contribution >= 0.6 is 0 Å². The highest BCUT2D eigenvalue weighted by atomic mass is 16.5. The predicted octanol–water partition coefficient (Wildman–Crippen LogP) is 3.36. The van der Waals surface area contributed by atoms with Crippen LogP contribution in [0.15, 0.2) is 61.2 Å². The van der Waals surface area contributed by atoms with Gasteiger partial charge in [-0.25, -0.2) is 9.69 Å². The Morgan fingerprint density at radius 1 is 1.21 bits per heavy atom. The lowest BCUT2D eigenvalue weighted by Crippen LogP contribution is -2.38. The summed E-state index contributed by atoms with van der Waals surface area (Å²) in [6, 6.07) is 12.7. The molecule has 1 heterocycles. The molecule has 0 bridgehead atoms. The molecule has 1 aliphatic rings. The molecule has 0 spiro atoms. The maximum Gasteiger partial charge on any atom is 0.332 e. The minimum Gasteiger partial charge on any atom is -0.497 e. The van der Waals surface area contributed by atoms with Crippen molar-refractivity contribution in [3.63, 3.8) is 0 Å². The highest BCUT2D eigenvalue weighted by Crippen LogP contribution is 2.27. The number of nitrogens with zero attached hydrogens (tertiary/aromatic N) is 2. The molecule has 3 rings (SSSR count). The summed E-state index contributed by atoms with van der Waals surface area (Å²) in [5, 5.41) is 2.75. The molecule has 1 N–H and O–H groups in total. The van der Waals surface area contributed by atoms with E-state index in [1.54, 1.807) is 55.7 Å². The van der Waals surface area contributed by atoms with E-state index in [9.17, 15) is 14.4 Å². The standard InChI is InChI=1S/C22H23N3O4/c1-4-12-24-19(14-20(26)23-16-8-10-18(29-3)11-9-16)21(27)25(22(24)28)17-7-5-6-15(2)13-17/h4-11,13,19H,1,12,14H2,2-3H3,(H,23,26). The number of methoxy groups -OCH3 is 1. The third kappa shape index (κ3) is 4.29. The van der Waals surface area contributed by atoms with E-state index in [0.717, 1.165) is 10.5 Å². The molecule has 0 radical (unpaired) electrons. The monoisotopic (exact) mass is 393 g/mol. The van der Waals surface area contributed by atoms with Crippen LogP contribution in [0.5, 0.6) is 5.75 Å². The van der Waals surface area contributed by atoms with Crippen LogP contribution in [-0.2, 0) is 9.59 Å². The zero-order valence-electron chi connectivity index (χ0n) is 16.4. The van der Waals surface area contributed by atoms with Crippen molar-refractivity contribution in [3.8, 4) is 5.75 Å². The smallest absolute Gasteiger partial charge is 0.332 e. The maximum absolute atomic E-state index is 13.0. The molecular weight excluding hydrogens is 370 g/mol. The summed E-state index contributed by atoms with van der Waals surface area (Å²) in [6.45, 7) is 5.72. The minimum atomic E-state index is -0.890. The number of hydrogen-bond donors (Lipinski definition) is 1. The molecule has 7 heteroatoms. The Balaban J connectivity index is 1.78. The van der Waals surface area contributed by atoms with Gasteiger partial charge in [-0.3, -0.25) is 9.59 Å². The Bertz CT molecular complexity index is 939. The van der Waals surface area contributed by atoms with Crippen LogP contribution in [0.3, 0.4) is 0 Å². The first kappa shape index (κ1) is 20.1. The number of urea groups is 1. The Hall–Kier alpha value is -3.61. The first-order chi connectivity index (χ1) is 13.9. The number of carbonyl (C=O) groups is 3. The largest absolute Gasteiger partial charge is 0.497 e. The lowest BCUT2D eigenvalue weighted by Gasteiger charge is -2.19. The van der Waals surface area contributed by atoms with Gasteiger partial charge < -0.3 is 15.0 Å². The average Bonchev–Trinajstić information content (AvgIpc) is 2.93. The Kier molecular flexibility index (Phi) is 5.97. The lowest BCUT2D eigenvalue weighted by atomic mass is 10.1.